The van der Waals surface area contributed by atoms with E-state index in [1.165, 1.54) is 0 Å². The van der Waals surface area contributed by atoms with Crippen LogP contribution < -0.4 is 11.2 Å². The minimum atomic E-state index is -0.678. The van der Waals surface area contributed by atoms with Crippen molar-refractivity contribution in [3.8, 4) is 0 Å². The summed E-state index contributed by atoms with van der Waals surface area (Å²) in [5.74, 6) is -0.335. The number of hydrogen-bond acceptors (Lipinski definition) is 3. The van der Waals surface area contributed by atoms with Crippen LogP contribution in [0.25, 0.3) is 0 Å². The van der Waals surface area contributed by atoms with Crippen LogP contribution in [0.15, 0.2) is 30.3 Å². The topological polar surface area (TPSA) is 64.3 Å². The van der Waals surface area contributed by atoms with E-state index in [9.17, 15) is 4.79 Å². The fraction of sp³-hybridized carbons (Fsp3) is 0.300. The summed E-state index contributed by atoms with van der Waals surface area (Å²) >= 11 is 0. The zero-order valence-electron chi connectivity index (χ0n) is 8.07. The number of carbonyl (C=O) groups excluding carboxylic acids is 1. The molecule has 0 saturated heterocycles. The molecule has 0 aliphatic carbocycles. The van der Waals surface area contributed by atoms with Gasteiger partial charge in [-0.2, -0.15) is 0 Å². The fourth-order valence-electron chi connectivity index (χ4n) is 1.02. The maximum Gasteiger partial charge on any atom is 0.265 e. The molecule has 4 nitrogen and oxygen atoms in total. The van der Waals surface area contributed by atoms with Crippen molar-refractivity contribution in [1.29, 1.82) is 0 Å². The predicted octanol–water partition coefficient (Wildman–Crippen LogP) is 0.754. The van der Waals surface area contributed by atoms with E-state index in [1.807, 2.05) is 18.2 Å². The van der Waals surface area contributed by atoms with Gasteiger partial charge < -0.3 is 5.73 Å². The third-order valence-corrected chi connectivity index (χ3v) is 1.76. The zero-order chi connectivity index (χ0) is 10.4. The quantitative estimate of drug-likeness (QED) is 0.695. The van der Waals surface area contributed by atoms with Gasteiger partial charge in [-0.05, 0) is 12.5 Å². The van der Waals surface area contributed by atoms with Crippen molar-refractivity contribution in [2.75, 3.05) is 6.61 Å². The molecule has 0 radical (unpaired) electrons. The van der Waals surface area contributed by atoms with Crippen molar-refractivity contribution in [3.63, 3.8) is 0 Å². The second kappa shape index (κ2) is 5.36. The third kappa shape index (κ3) is 2.83. The lowest BCUT2D eigenvalue weighted by Crippen LogP contribution is -2.34. The second-order valence-electron chi connectivity index (χ2n) is 2.79. The molecule has 4 heteroatoms. The molecule has 0 spiro atoms. The summed E-state index contributed by atoms with van der Waals surface area (Å²) in [5, 5.41) is 0. The van der Waals surface area contributed by atoms with Crippen LogP contribution in [0.1, 0.15) is 18.5 Å². The van der Waals surface area contributed by atoms with E-state index in [-0.39, 0.29) is 5.91 Å². The van der Waals surface area contributed by atoms with E-state index >= 15 is 0 Å². The highest BCUT2D eigenvalue weighted by Gasteiger charge is 2.14. The van der Waals surface area contributed by atoms with Crippen LogP contribution in [-0.2, 0) is 9.63 Å². The van der Waals surface area contributed by atoms with Gasteiger partial charge in [0.2, 0.25) is 0 Å². The van der Waals surface area contributed by atoms with Crippen LogP contribution in [0, 0.1) is 0 Å². The first-order valence-electron chi connectivity index (χ1n) is 4.48. The number of rotatable bonds is 4. The Morgan fingerprint density at radius 1 is 1.50 bits per heavy atom. The monoisotopic (exact) mass is 194 g/mol. The van der Waals surface area contributed by atoms with Gasteiger partial charge in [0.05, 0.1) is 6.61 Å². The van der Waals surface area contributed by atoms with Gasteiger partial charge in [-0.15, -0.1) is 0 Å². The van der Waals surface area contributed by atoms with Crippen LogP contribution in [-0.4, -0.2) is 12.5 Å². The SMILES string of the molecule is CCONC(=O)[C@H](N)c1ccccc1. The van der Waals surface area contributed by atoms with E-state index in [0.29, 0.717) is 6.61 Å². The average molecular weight is 194 g/mol. The number of hydrogen-bond donors (Lipinski definition) is 2. The lowest BCUT2D eigenvalue weighted by molar-refractivity contribution is -0.134. The van der Waals surface area contributed by atoms with E-state index in [1.54, 1.807) is 19.1 Å². The maximum absolute atomic E-state index is 11.3. The van der Waals surface area contributed by atoms with Gasteiger partial charge in [0.1, 0.15) is 6.04 Å². The minimum absolute atomic E-state index is 0.335. The Bertz CT molecular complexity index is 287. The third-order valence-electron chi connectivity index (χ3n) is 1.76. The summed E-state index contributed by atoms with van der Waals surface area (Å²) in [6, 6.07) is 8.47. The summed E-state index contributed by atoms with van der Waals surface area (Å²) in [5.41, 5.74) is 8.72. The number of carbonyl (C=O) groups is 1. The molecule has 1 amide bonds. The normalized spacial score (nSPS) is 12.1. The van der Waals surface area contributed by atoms with Gasteiger partial charge in [-0.25, -0.2) is 5.48 Å². The number of amides is 1. The molecule has 76 valence electrons. The first kappa shape index (κ1) is 10.7. The van der Waals surface area contributed by atoms with Crippen LogP contribution in [0.5, 0.6) is 0 Å². The molecule has 1 atom stereocenters. The number of nitrogens with two attached hydrogens (primary N) is 1. The molecule has 0 aromatic heterocycles. The van der Waals surface area contributed by atoms with Crippen molar-refractivity contribution < 1.29 is 9.63 Å². The fourth-order valence-corrected chi connectivity index (χ4v) is 1.02. The zero-order valence-corrected chi connectivity index (χ0v) is 8.07. The van der Waals surface area contributed by atoms with E-state index in [2.05, 4.69) is 5.48 Å². The molecule has 0 aliphatic rings. The number of hydroxylamine groups is 1. The molecule has 0 unspecified atom stereocenters. The number of benzene rings is 1. The maximum atomic E-state index is 11.3. The summed E-state index contributed by atoms with van der Waals surface area (Å²) in [7, 11) is 0. The summed E-state index contributed by atoms with van der Waals surface area (Å²) in [4.78, 5) is 16.1. The molecule has 1 aromatic rings. The molecule has 14 heavy (non-hydrogen) atoms. The van der Waals surface area contributed by atoms with Crippen LogP contribution in [0.4, 0.5) is 0 Å². The molecule has 3 N–H and O–H groups in total. The van der Waals surface area contributed by atoms with Gasteiger partial charge in [-0.3, -0.25) is 9.63 Å². The Morgan fingerprint density at radius 3 is 2.71 bits per heavy atom. The van der Waals surface area contributed by atoms with E-state index in [0.717, 1.165) is 5.56 Å². The molecular formula is C10H14N2O2. The van der Waals surface area contributed by atoms with Crippen LogP contribution >= 0.6 is 0 Å². The van der Waals surface area contributed by atoms with Crippen molar-refractivity contribution in [1.82, 2.24) is 5.48 Å². The van der Waals surface area contributed by atoms with Crippen molar-refractivity contribution in [2.24, 2.45) is 5.73 Å². The predicted molar refractivity (Wildman–Crippen MR) is 53.1 cm³/mol. The highest BCUT2D eigenvalue weighted by atomic mass is 16.6. The van der Waals surface area contributed by atoms with Gasteiger partial charge in [0, 0.05) is 0 Å². The van der Waals surface area contributed by atoms with E-state index < -0.39 is 6.04 Å². The van der Waals surface area contributed by atoms with Gasteiger partial charge in [-0.1, -0.05) is 30.3 Å². The molecular weight excluding hydrogens is 180 g/mol. The van der Waals surface area contributed by atoms with Crippen LogP contribution in [0.3, 0.4) is 0 Å². The molecule has 0 fully saturated rings. The largest absolute Gasteiger partial charge is 0.316 e. The lowest BCUT2D eigenvalue weighted by atomic mass is 10.1. The molecule has 0 saturated carbocycles. The van der Waals surface area contributed by atoms with Gasteiger partial charge in [0.25, 0.3) is 5.91 Å². The molecule has 0 bridgehead atoms. The highest BCUT2D eigenvalue weighted by molar-refractivity contribution is 5.81. The first-order valence-corrected chi connectivity index (χ1v) is 4.48. The molecule has 0 aliphatic heterocycles. The van der Waals surface area contributed by atoms with E-state index in [4.69, 9.17) is 10.6 Å². The number of nitrogens with one attached hydrogen (secondary N) is 1. The molecule has 1 rings (SSSR count). The second-order valence-corrected chi connectivity index (χ2v) is 2.79. The van der Waals surface area contributed by atoms with Crippen molar-refractivity contribution in [2.45, 2.75) is 13.0 Å². The Hall–Kier alpha value is -1.39. The molecule has 1 aromatic carbocycles. The Kier molecular flexibility index (Phi) is 4.10. The lowest BCUT2D eigenvalue weighted by Gasteiger charge is -2.11. The Morgan fingerprint density at radius 2 is 2.14 bits per heavy atom. The Labute approximate surface area is 83.0 Å². The first-order chi connectivity index (χ1) is 6.75. The Balaban J connectivity index is 2.57. The average Bonchev–Trinajstić information content (AvgIpc) is 2.26. The standard InChI is InChI=1S/C10H14N2O2/c1-2-14-12-10(13)9(11)8-6-4-3-5-7-8/h3-7,9H,2,11H2,1H3,(H,12,13)/t9-/m1/s1. The minimum Gasteiger partial charge on any atom is -0.316 e. The van der Waals surface area contributed by atoms with Crippen molar-refractivity contribution in [3.05, 3.63) is 35.9 Å². The van der Waals surface area contributed by atoms with Gasteiger partial charge >= 0.3 is 0 Å². The smallest absolute Gasteiger partial charge is 0.265 e. The van der Waals surface area contributed by atoms with Crippen molar-refractivity contribution >= 4 is 5.91 Å². The highest BCUT2D eigenvalue weighted by Crippen LogP contribution is 2.08. The molecule has 0 heterocycles. The van der Waals surface area contributed by atoms with Crippen LogP contribution in [0.2, 0.25) is 0 Å². The van der Waals surface area contributed by atoms with Gasteiger partial charge in [0.15, 0.2) is 0 Å². The summed E-state index contributed by atoms with van der Waals surface area (Å²) in [6.07, 6.45) is 0. The summed E-state index contributed by atoms with van der Waals surface area (Å²) < 4.78 is 0. The summed E-state index contributed by atoms with van der Waals surface area (Å²) in [6.45, 7) is 2.21.